The van der Waals surface area contributed by atoms with Crippen molar-refractivity contribution in [1.29, 1.82) is 0 Å². The molecule has 8 rings (SSSR count). The standard InChI is InChI=1S/C52H45F3N6O/c1-37(2)35-60(36-38-20-8-3-9-21-38)46-33-32-44(39-22-10-4-11-23-39)48(49(46)56-47(62)34-40-24-18-19-31-45(40)52(53,54)55)50-57-59-61(58-50)51(41-25-12-5-13-26-41,42-27-14-6-15-28-42)43-29-16-7-17-30-43/h3-33,37H,34-36H2,1-2H3,(H,56,62). The molecule has 0 saturated carbocycles. The summed E-state index contributed by atoms with van der Waals surface area (Å²) in [5.74, 6) is -0.216. The summed E-state index contributed by atoms with van der Waals surface area (Å²) in [5, 5.41) is 18.1. The minimum Gasteiger partial charge on any atom is -0.365 e. The molecule has 1 N–H and O–H groups in total. The number of aromatic nitrogens is 4. The van der Waals surface area contributed by atoms with Gasteiger partial charge in [-0.15, -0.1) is 15.0 Å². The van der Waals surface area contributed by atoms with Gasteiger partial charge in [0.2, 0.25) is 11.7 Å². The molecule has 0 saturated heterocycles. The molecule has 0 aliphatic heterocycles. The first kappa shape index (κ1) is 41.4. The fourth-order valence-corrected chi connectivity index (χ4v) is 8.21. The number of anilines is 2. The Bertz CT molecular complexity index is 2630. The van der Waals surface area contributed by atoms with E-state index >= 15 is 0 Å². The molecule has 8 aromatic rings. The molecular weight excluding hydrogens is 782 g/mol. The van der Waals surface area contributed by atoms with Gasteiger partial charge in [-0.3, -0.25) is 4.79 Å². The van der Waals surface area contributed by atoms with Gasteiger partial charge in [-0.25, -0.2) is 0 Å². The first-order chi connectivity index (χ1) is 30.1. The highest BCUT2D eigenvalue weighted by Gasteiger charge is 2.42. The molecule has 0 aliphatic rings. The maximum atomic E-state index is 14.4. The molecule has 0 spiro atoms. The normalized spacial score (nSPS) is 11.7. The van der Waals surface area contributed by atoms with Crippen LogP contribution in [0.2, 0.25) is 0 Å². The first-order valence-corrected chi connectivity index (χ1v) is 20.6. The predicted molar refractivity (Wildman–Crippen MR) is 239 cm³/mol. The van der Waals surface area contributed by atoms with Crippen LogP contribution in [0.15, 0.2) is 188 Å². The number of benzene rings is 7. The fraction of sp³-hybridized carbons (Fsp3) is 0.154. The number of halogens is 3. The second kappa shape index (κ2) is 18.1. The fourth-order valence-electron chi connectivity index (χ4n) is 8.21. The van der Waals surface area contributed by atoms with Gasteiger partial charge in [-0.1, -0.05) is 190 Å². The Morgan fingerprint density at radius 3 is 1.73 bits per heavy atom. The molecule has 0 fully saturated rings. The van der Waals surface area contributed by atoms with Crippen molar-refractivity contribution in [1.82, 2.24) is 20.2 Å². The third-order valence-corrected chi connectivity index (χ3v) is 10.9. The second-order valence-corrected chi connectivity index (χ2v) is 15.6. The van der Waals surface area contributed by atoms with E-state index in [4.69, 9.17) is 15.4 Å². The largest absolute Gasteiger partial charge is 0.416 e. The molecule has 0 aliphatic carbocycles. The Kier molecular flexibility index (Phi) is 12.1. The van der Waals surface area contributed by atoms with Gasteiger partial charge < -0.3 is 10.2 Å². The maximum absolute atomic E-state index is 14.4. The van der Waals surface area contributed by atoms with E-state index in [0.29, 0.717) is 35.6 Å². The minimum absolute atomic E-state index is 0.134. The SMILES string of the molecule is CC(C)CN(Cc1ccccc1)c1ccc(-c2ccccc2)c(-c2nnn(C(c3ccccc3)(c3ccccc3)c3ccccc3)n2)c1NC(=O)Cc1ccccc1C(F)(F)F. The highest BCUT2D eigenvalue weighted by atomic mass is 19.4. The predicted octanol–water partition coefficient (Wildman–Crippen LogP) is 11.7. The summed E-state index contributed by atoms with van der Waals surface area (Å²) in [6, 6.07) is 58.8. The van der Waals surface area contributed by atoms with Gasteiger partial charge in [-0.05, 0) is 62.2 Å². The van der Waals surface area contributed by atoms with Crippen LogP contribution < -0.4 is 10.2 Å². The minimum atomic E-state index is -4.64. The molecule has 310 valence electrons. The van der Waals surface area contributed by atoms with Crippen LogP contribution in [0.25, 0.3) is 22.5 Å². The van der Waals surface area contributed by atoms with Gasteiger partial charge in [0, 0.05) is 13.1 Å². The van der Waals surface area contributed by atoms with Crippen molar-refractivity contribution in [3.63, 3.8) is 0 Å². The molecule has 7 nitrogen and oxygen atoms in total. The van der Waals surface area contributed by atoms with E-state index in [2.05, 4.69) is 24.1 Å². The van der Waals surface area contributed by atoms with Crippen LogP contribution in [0.3, 0.4) is 0 Å². The van der Waals surface area contributed by atoms with E-state index in [1.54, 1.807) is 4.80 Å². The number of nitrogens with zero attached hydrogens (tertiary/aromatic N) is 5. The lowest BCUT2D eigenvalue weighted by Gasteiger charge is -2.34. The summed E-state index contributed by atoms with van der Waals surface area (Å²) in [4.78, 5) is 18.2. The maximum Gasteiger partial charge on any atom is 0.416 e. The van der Waals surface area contributed by atoms with Crippen molar-refractivity contribution in [3.8, 4) is 22.5 Å². The van der Waals surface area contributed by atoms with E-state index in [1.807, 2.05) is 164 Å². The quantitative estimate of drug-likeness (QED) is 0.111. The second-order valence-electron chi connectivity index (χ2n) is 15.6. The number of amides is 1. The lowest BCUT2D eigenvalue weighted by Crippen LogP contribution is -2.39. The summed E-state index contributed by atoms with van der Waals surface area (Å²) in [7, 11) is 0. The highest BCUT2D eigenvalue weighted by Crippen LogP contribution is 2.45. The van der Waals surface area contributed by atoms with Crippen molar-refractivity contribution >= 4 is 17.3 Å². The zero-order valence-electron chi connectivity index (χ0n) is 34.4. The van der Waals surface area contributed by atoms with Gasteiger partial charge in [-0.2, -0.15) is 13.2 Å². The number of tetrazole rings is 1. The van der Waals surface area contributed by atoms with Crippen molar-refractivity contribution in [2.24, 2.45) is 5.92 Å². The number of carbonyl (C=O) groups excluding carboxylic acids is 1. The summed E-state index contributed by atoms with van der Waals surface area (Å²) in [6.45, 7) is 5.32. The first-order valence-electron chi connectivity index (χ1n) is 20.6. The zero-order chi connectivity index (χ0) is 43.1. The number of nitrogens with one attached hydrogen (secondary N) is 1. The molecule has 1 heterocycles. The smallest absolute Gasteiger partial charge is 0.365 e. The Balaban J connectivity index is 1.39. The van der Waals surface area contributed by atoms with Crippen LogP contribution in [0.5, 0.6) is 0 Å². The summed E-state index contributed by atoms with van der Waals surface area (Å²) in [5.41, 5.74) is 4.64. The van der Waals surface area contributed by atoms with E-state index < -0.39 is 29.6 Å². The Hall–Kier alpha value is -7.33. The average Bonchev–Trinajstić information content (AvgIpc) is 3.78. The van der Waals surface area contributed by atoms with Gasteiger partial charge in [0.25, 0.3) is 0 Å². The number of alkyl halides is 3. The Morgan fingerprint density at radius 1 is 0.661 bits per heavy atom. The number of rotatable bonds is 14. The van der Waals surface area contributed by atoms with Gasteiger partial charge in [0.05, 0.1) is 28.9 Å². The van der Waals surface area contributed by atoms with Crippen molar-refractivity contribution < 1.29 is 18.0 Å². The lowest BCUT2D eigenvalue weighted by atomic mass is 9.77. The number of carbonyl (C=O) groups is 1. The molecule has 0 atom stereocenters. The van der Waals surface area contributed by atoms with Gasteiger partial charge in [0.1, 0.15) is 0 Å². The molecule has 10 heteroatoms. The van der Waals surface area contributed by atoms with Gasteiger partial charge in [0.15, 0.2) is 5.54 Å². The van der Waals surface area contributed by atoms with Crippen LogP contribution in [0, 0.1) is 5.92 Å². The number of hydrogen-bond acceptors (Lipinski definition) is 5. The van der Waals surface area contributed by atoms with Gasteiger partial charge >= 0.3 is 6.18 Å². The van der Waals surface area contributed by atoms with Crippen molar-refractivity contribution in [3.05, 3.63) is 221 Å². The van der Waals surface area contributed by atoms with Crippen LogP contribution in [0.1, 0.15) is 47.2 Å². The van der Waals surface area contributed by atoms with E-state index in [-0.39, 0.29) is 17.3 Å². The summed E-state index contributed by atoms with van der Waals surface area (Å²) in [6.07, 6.45) is -5.17. The molecule has 0 radical (unpaired) electrons. The molecule has 0 bridgehead atoms. The average molecular weight is 827 g/mol. The Labute approximate surface area is 359 Å². The summed E-state index contributed by atoms with van der Waals surface area (Å²) < 4.78 is 42.8. The van der Waals surface area contributed by atoms with Crippen LogP contribution in [0.4, 0.5) is 24.5 Å². The Morgan fingerprint density at radius 2 is 1.18 bits per heavy atom. The molecular formula is C52H45F3N6O. The van der Waals surface area contributed by atoms with Crippen LogP contribution in [-0.4, -0.2) is 32.7 Å². The van der Waals surface area contributed by atoms with Crippen LogP contribution in [-0.2, 0) is 29.5 Å². The van der Waals surface area contributed by atoms with E-state index in [1.165, 1.54) is 18.2 Å². The molecule has 62 heavy (non-hydrogen) atoms. The van der Waals surface area contributed by atoms with Crippen LogP contribution >= 0.6 is 0 Å². The molecule has 1 amide bonds. The highest BCUT2D eigenvalue weighted by molar-refractivity contribution is 6.04. The van der Waals surface area contributed by atoms with E-state index in [0.717, 1.165) is 33.9 Å². The topological polar surface area (TPSA) is 75.9 Å². The number of hydrogen-bond donors (Lipinski definition) is 1. The third-order valence-electron chi connectivity index (χ3n) is 10.9. The molecule has 7 aromatic carbocycles. The molecule has 1 aromatic heterocycles. The van der Waals surface area contributed by atoms with Crippen molar-refractivity contribution in [2.75, 3.05) is 16.8 Å². The zero-order valence-corrected chi connectivity index (χ0v) is 34.4. The monoisotopic (exact) mass is 826 g/mol. The van der Waals surface area contributed by atoms with E-state index in [9.17, 15) is 18.0 Å². The third kappa shape index (κ3) is 8.63. The van der Waals surface area contributed by atoms with Crippen molar-refractivity contribution in [2.45, 2.75) is 38.5 Å². The molecule has 0 unspecified atom stereocenters. The lowest BCUT2D eigenvalue weighted by molar-refractivity contribution is -0.138. The summed E-state index contributed by atoms with van der Waals surface area (Å²) >= 11 is 0.